The highest BCUT2D eigenvalue weighted by Crippen LogP contribution is 2.27. The van der Waals surface area contributed by atoms with Crippen LogP contribution in [-0.4, -0.2) is 76.8 Å². The molecule has 0 radical (unpaired) electrons. The van der Waals surface area contributed by atoms with Crippen molar-refractivity contribution in [2.75, 3.05) is 33.3 Å². The van der Waals surface area contributed by atoms with Gasteiger partial charge in [0.05, 0.1) is 21.8 Å². The molecule has 1 atom stereocenters. The number of benzene rings is 1. The van der Waals surface area contributed by atoms with E-state index in [1.54, 1.807) is 21.0 Å². The summed E-state index contributed by atoms with van der Waals surface area (Å²) < 4.78 is 59.9. The summed E-state index contributed by atoms with van der Waals surface area (Å²) in [6.45, 7) is 4.65. The van der Waals surface area contributed by atoms with Gasteiger partial charge in [-0.2, -0.15) is 8.61 Å². The molecule has 1 aromatic carbocycles. The van der Waals surface area contributed by atoms with E-state index < -0.39 is 26.0 Å². The first-order valence-electron chi connectivity index (χ1n) is 12.1. The normalized spacial score (nSPS) is 24.8. The third kappa shape index (κ3) is 5.99. The maximum absolute atomic E-state index is 13.2. The Morgan fingerprint density at radius 3 is 2.15 bits per heavy atom. The second-order valence-corrected chi connectivity index (χ2v) is 12.9. The molecule has 1 amide bonds. The lowest BCUT2D eigenvalue weighted by Gasteiger charge is -2.33. The van der Waals surface area contributed by atoms with Gasteiger partial charge < -0.3 is 10.1 Å². The highest BCUT2D eigenvalue weighted by Gasteiger charge is 2.35. The quantitative estimate of drug-likeness (QED) is 0.539. The fourth-order valence-corrected chi connectivity index (χ4v) is 7.76. The first-order valence-corrected chi connectivity index (χ1v) is 14.9. The van der Waals surface area contributed by atoms with Gasteiger partial charge >= 0.3 is 0 Å². The van der Waals surface area contributed by atoms with Crippen LogP contribution in [0.5, 0.6) is 0 Å². The number of nitrogens with zero attached hydrogens (tertiary/aromatic N) is 2. The summed E-state index contributed by atoms with van der Waals surface area (Å²) in [6, 6.07) is 5.45. The third-order valence-electron chi connectivity index (χ3n) is 6.91. The van der Waals surface area contributed by atoms with Gasteiger partial charge in [-0.15, -0.1) is 0 Å². The Balaban J connectivity index is 1.66. The number of sulfonamides is 2. The van der Waals surface area contributed by atoms with E-state index in [9.17, 15) is 21.6 Å². The van der Waals surface area contributed by atoms with Gasteiger partial charge in [-0.25, -0.2) is 16.8 Å². The monoisotopic (exact) mass is 515 g/mol. The molecule has 192 valence electrons. The molecule has 1 aliphatic carbocycles. The van der Waals surface area contributed by atoms with Gasteiger partial charge in [0.2, 0.25) is 26.0 Å². The number of piperidine rings is 1. The zero-order valence-electron chi connectivity index (χ0n) is 20.3. The maximum Gasteiger partial charge on any atom is 0.243 e. The van der Waals surface area contributed by atoms with Gasteiger partial charge in [0.25, 0.3) is 0 Å². The van der Waals surface area contributed by atoms with Crippen LogP contribution >= 0.6 is 0 Å². The van der Waals surface area contributed by atoms with E-state index in [2.05, 4.69) is 5.32 Å². The number of carbonyl (C=O) groups is 1. The topological polar surface area (TPSA) is 113 Å². The Morgan fingerprint density at radius 1 is 1.00 bits per heavy atom. The summed E-state index contributed by atoms with van der Waals surface area (Å²) in [4.78, 5) is 13.0. The van der Waals surface area contributed by atoms with Gasteiger partial charge in [-0.1, -0.05) is 13.8 Å². The first-order chi connectivity index (χ1) is 16.1. The molecule has 2 aliphatic rings. The molecule has 1 aliphatic heterocycles. The van der Waals surface area contributed by atoms with Crippen molar-refractivity contribution in [3.8, 4) is 0 Å². The Bertz CT molecular complexity index is 1030. The molecule has 1 saturated carbocycles. The van der Waals surface area contributed by atoms with Crippen molar-refractivity contribution in [2.24, 2.45) is 5.92 Å². The number of carbonyl (C=O) groups excluding carboxylic acids is 1. The summed E-state index contributed by atoms with van der Waals surface area (Å²) in [5, 5.41) is 3.10. The van der Waals surface area contributed by atoms with Crippen LogP contribution in [0.3, 0.4) is 0 Å². The summed E-state index contributed by atoms with van der Waals surface area (Å²) in [6.07, 6.45) is 5.04. The number of hydrogen-bond acceptors (Lipinski definition) is 6. The minimum absolute atomic E-state index is 0.0324. The largest absolute Gasteiger partial charge is 0.381 e. The molecule has 34 heavy (non-hydrogen) atoms. The Hall–Kier alpha value is -1.53. The molecule has 1 aromatic rings. The van der Waals surface area contributed by atoms with Crippen molar-refractivity contribution < 1.29 is 26.4 Å². The van der Waals surface area contributed by atoms with Crippen molar-refractivity contribution in [1.29, 1.82) is 0 Å². The van der Waals surface area contributed by atoms with Crippen LogP contribution in [0.25, 0.3) is 0 Å². The van der Waals surface area contributed by atoms with Crippen LogP contribution in [0.2, 0.25) is 0 Å². The zero-order valence-corrected chi connectivity index (χ0v) is 21.9. The van der Waals surface area contributed by atoms with Crippen LogP contribution in [0.4, 0.5) is 0 Å². The van der Waals surface area contributed by atoms with Crippen LogP contribution in [0.1, 0.15) is 52.4 Å². The highest BCUT2D eigenvalue weighted by atomic mass is 32.2. The fraction of sp³-hybridized carbons (Fsp3) is 0.696. The third-order valence-corrected chi connectivity index (χ3v) is 10.9. The predicted octanol–water partition coefficient (Wildman–Crippen LogP) is 2.19. The van der Waals surface area contributed by atoms with Crippen LogP contribution < -0.4 is 5.32 Å². The number of amides is 1. The molecular weight excluding hydrogens is 478 g/mol. The smallest absolute Gasteiger partial charge is 0.243 e. The summed E-state index contributed by atoms with van der Waals surface area (Å²) in [5.41, 5.74) is 0. The fourth-order valence-electron chi connectivity index (χ4n) is 4.78. The van der Waals surface area contributed by atoms with Crippen molar-refractivity contribution in [3.63, 3.8) is 0 Å². The Kier molecular flexibility index (Phi) is 9.13. The Morgan fingerprint density at radius 2 is 1.59 bits per heavy atom. The number of hydrogen-bond donors (Lipinski definition) is 1. The van der Waals surface area contributed by atoms with Crippen molar-refractivity contribution >= 4 is 26.0 Å². The van der Waals surface area contributed by atoms with E-state index in [-0.39, 0.29) is 34.4 Å². The van der Waals surface area contributed by atoms with Gasteiger partial charge in [0.15, 0.2) is 0 Å². The van der Waals surface area contributed by atoms with Gasteiger partial charge in [0, 0.05) is 39.3 Å². The molecule has 9 nitrogen and oxygen atoms in total. The predicted molar refractivity (Wildman–Crippen MR) is 129 cm³/mol. The van der Waals surface area contributed by atoms with E-state index in [0.717, 1.165) is 25.7 Å². The van der Waals surface area contributed by atoms with Crippen molar-refractivity contribution in [3.05, 3.63) is 24.3 Å². The molecule has 11 heteroatoms. The maximum atomic E-state index is 13.2. The second-order valence-electron chi connectivity index (χ2n) is 8.98. The molecule has 2 fully saturated rings. The van der Waals surface area contributed by atoms with Crippen LogP contribution in [-0.2, 0) is 29.6 Å². The molecule has 0 aromatic heterocycles. The summed E-state index contributed by atoms with van der Waals surface area (Å²) in [7, 11) is -5.79. The van der Waals surface area contributed by atoms with Crippen molar-refractivity contribution in [2.45, 2.75) is 74.3 Å². The lowest BCUT2D eigenvalue weighted by molar-refractivity contribution is -0.127. The highest BCUT2D eigenvalue weighted by molar-refractivity contribution is 7.89. The molecule has 0 spiro atoms. The first kappa shape index (κ1) is 27.1. The van der Waals surface area contributed by atoms with Gasteiger partial charge in [0.1, 0.15) is 0 Å². The molecule has 0 unspecified atom stereocenters. The number of methoxy groups -OCH3 is 1. The number of nitrogens with one attached hydrogen (secondary N) is 1. The molecule has 3 rings (SSSR count). The van der Waals surface area contributed by atoms with E-state index in [0.29, 0.717) is 32.5 Å². The van der Waals surface area contributed by atoms with E-state index >= 15 is 0 Å². The van der Waals surface area contributed by atoms with Gasteiger partial charge in [-0.3, -0.25) is 4.79 Å². The average molecular weight is 516 g/mol. The SMILES string of the molecule is CCN(CC)S(=O)(=O)c1ccc(S(=O)(=O)N2CCC[C@@H](C(=O)N[C@H]3CC[C@H](OC)CC3)C2)cc1. The second kappa shape index (κ2) is 11.5. The number of ether oxygens (including phenoxy) is 1. The van der Waals surface area contributed by atoms with E-state index in [4.69, 9.17) is 4.74 Å². The van der Waals surface area contributed by atoms with Crippen LogP contribution in [0, 0.1) is 5.92 Å². The molecule has 1 N–H and O–H groups in total. The standard InChI is InChI=1S/C23H37N3O6S2/c1-4-25(5-2)33(28,29)21-12-14-22(15-13-21)34(30,31)26-16-6-7-18(17-26)23(27)24-19-8-10-20(32-3)11-9-19/h12-15,18-20H,4-11,16-17H2,1-3H3,(H,24,27)/t18-,19-,20-/m1/s1. The zero-order chi connectivity index (χ0) is 24.9. The summed E-state index contributed by atoms with van der Waals surface area (Å²) >= 11 is 0. The lowest BCUT2D eigenvalue weighted by atomic mass is 9.91. The molecule has 1 heterocycles. The molecule has 0 bridgehead atoms. The molecule has 1 saturated heterocycles. The Labute approximate surface area is 203 Å². The van der Waals surface area contributed by atoms with Gasteiger partial charge in [-0.05, 0) is 62.8 Å². The number of rotatable bonds is 9. The lowest BCUT2D eigenvalue weighted by Crippen LogP contribution is -2.48. The molecular formula is C23H37N3O6S2. The average Bonchev–Trinajstić information content (AvgIpc) is 2.85. The van der Waals surface area contributed by atoms with Crippen molar-refractivity contribution in [1.82, 2.24) is 13.9 Å². The van der Waals surface area contributed by atoms with Crippen LogP contribution in [0.15, 0.2) is 34.1 Å². The minimum atomic E-state index is -3.84. The minimum Gasteiger partial charge on any atom is -0.381 e. The van der Waals surface area contributed by atoms with E-state index in [1.165, 1.54) is 32.9 Å². The summed E-state index contributed by atoms with van der Waals surface area (Å²) in [5.74, 6) is -0.493. The van der Waals surface area contributed by atoms with E-state index in [1.807, 2.05) is 0 Å².